The standard InChI is InChI=1S/C14H15F2NO2/c1-9-3-2-4-11-14(9)10(7-17-11)12(18)5-6-19-8-13(15)16/h2-4,7,13,17H,5-6,8H2,1H3. The Balaban J connectivity index is 2.05. The number of nitrogens with one attached hydrogen (secondary N) is 1. The molecule has 1 aromatic heterocycles. The fraction of sp³-hybridized carbons (Fsp3) is 0.357. The summed E-state index contributed by atoms with van der Waals surface area (Å²) in [5.41, 5.74) is 2.50. The van der Waals surface area contributed by atoms with Crippen LogP contribution < -0.4 is 0 Å². The minimum absolute atomic E-state index is 0.0156. The first-order valence-corrected chi connectivity index (χ1v) is 6.05. The summed E-state index contributed by atoms with van der Waals surface area (Å²) < 4.78 is 28.5. The minimum atomic E-state index is -2.49. The monoisotopic (exact) mass is 267 g/mol. The molecule has 0 saturated heterocycles. The van der Waals surface area contributed by atoms with Crippen molar-refractivity contribution in [1.29, 1.82) is 0 Å². The van der Waals surface area contributed by atoms with E-state index in [9.17, 15) is 13.6 Å². The molecule has 0 spiro atoms. The predicted molar refractivity (Wildman–Crippen MR) is 68.8 cm³/mol. The number of aromatic nitrogens is 1. The van der Waals surface area contributed by atoms with Crippen LogP contribution in [0.25, 0.3) is 10.9 Å². The van der Waals surface area contributed by atoms with Crippen LogP contribution in [-0.4, -0.2) is 30.4 Å². The molecule has 3 nitrogen and oxygen atoms in total. The number of fused-ring (bicyclic) bond motifs is 1. The van der Waals surface area contributed by atoms with Crippen molar-refractivity contribution >= 4 is 16.7 Å². The van der Waals surface area contributed by atoms with Crippen LogP contribution in [-0.2, 0) is 4.74 Å². The lowest BCUT2D eigenvalue weighted by molar-refractivity contribution is 0.0170. The molecule has 102 valence electrons. The fourth-order valence-electron chi connectivity index (χ4n) is 2.06. The van der Waals surface area contributed by atoms with Gasteiger partial charge < -0.3 is 9.72 Å². The lowest BCUT2D eigenvalue weighted by Crippen LogP contribution is -2.09. The number of benzene rings is 1. The highest BCUT2D eigenvalue weighted by Gasteiger charge is 2.13. The number of alkyl halides is 2. The van der Waals surface area contributed by atoms with Crippen LogP contribution in [0.5, 0.6) is 0 Å². The molecule has 5 heteroatoms. The molecule has 0 saturated carbocycles. The summed E-state index contributed by atoms with van der Waals surface area (Å²) in [6.45, 7) is 1.32. The quantitative estimate of drug-likeness (QED) is 0.644. The highest BCUT2D eigenvalue weighted by Crippen LogP contribution is 2.23. The van der Waals surface area contributed by atoms with E-state index in [0.717, 1.165) is 16.5 Å². The molecule has 2 aromatic rings. The molecule has 0 radical (unpaired) electrons. The van der Waals surface area contributed by atoms with Crippen molar-refractivity contribution in [3.63, 3.8) is 0 Å². The van der Waals surface area contributed by atoms with E-state index in [-0.39, 0.29) is 18.8 Å². The Morgan fingerprint density at radius 1 is 1.42 bits per heavy atom. The van der Waals surface area contributed by atoms with Gasteiger partial charge in [-0.15, -0.1) is 0 Å². The second-order valence-corrected chi connectivity index (χ2v) is 4.34. The number of Topliss-reactive ketones (excluding diaryl/α,β-unsaturated/α-hetero) is 1. The minimum Gasteiger partial charge on any atom is -0.375 e. The Hall–Kier alpha value is -1.75. The third kappa shape index (κ3) is 3.17. The molecule has 1 N–H and O–H groups in total. The number of aromatic amines is 1. The van der Waals surface area contributed by atoms with Gasteiger partial charge in [-0.1, -0.05) is 12.1 Å². The van der Waals surface area contributed by atoms with Crippen LogP contribution in [0.3, 0.4) is 0 Å². The van der Waals surface area contributed by atoms with E-state index in [0.29, 0.717) is 5.56 Å². The first kappa shape index (κ1) is 13.7. The largest absolute Gasteiger partial charge is 0.375 e. The first-order valence-electron chi connectivity index (χ1n) is 6.05. The van der Waals surface area contributed by atoms with Crippen molar-refractivity contribution in [1.82, 2.24) is 4.98 Å². The van der Waals surface area contributed by atoms with Crippen molar-refractivity contribution in [3.8, 4) is 0 Å². The molecule has 0 aliphatic rings. The Labute approximate surface area is 109 Å². The molecule has 0 amide bonds. The summed E-state index contributed by atoms with van der Waals surface area (Å²) in [6, 6.07) is 5.74. The van der Waals surface area contributed by atoms with E-state index in [2.05, 4.69) is 4.98 Å². The SMILES string of the molecule is Cc1cccc2[nH]cc(C(=O)CCOCC(F)F)c12. The molecule has 0 fully saturated rings. The lowest BCUT2D eigenvalue weighted by Gasteiger charge is -2.03. The van der Waals surface area contributed by atoms with Crippen molar-refractivity contribution in [2.45, 2.75) is 19.8 Å². The molecule has 0 aliphatic carbocycles. The normalized spacial score (nSPS) is 11.4. The van der Waals surface area contributed by atoms with Gasteiger partial charge in [-0.05, 0) is 18.6 Å². The number of ketones is 1. The van der Waals surface area contributed by atoms with Gasteiger partial charge in [0.1, 0.15) is 6.61 Å². The average molecular weight is 267 g/mol. The van der Waals surface area contributed by atoms with E-state index in [1.807, 2.05) is 25.1 Å². The van der Waals surface area contributed by atoms with E-state index >= 15 is 0 Å². The number of hydrogen-bond acceptors (Lipinski definition) is 2. The second-order valence-electron chi connectivity index (χ2n) is 4.34. The van der Waals surface area contributed by atoms with Gasteiger partial charge in [0.2, 0.25) is 0 Å². The molecule has 0 bridgehead atoms. The maximum absolute atomic E-state index is 12.0. The molecular formula is C14H15F2NO2. The van der Waals surface area contributed by atoms with Gasteiger partial charge in [0, 0.05) is 29.1 Å². The zero-order valence-corrected chi connectivity index (χ0v) is 10.6. The Morgan fingerprint density at radius 3 is 2.95 bits per heavy atom. The van der Waals surface area contributed by atoms with Crippen LogP contribution in [0.1, 0.15) is 22.3 Å². The van der Waals surface area contributed by atoms with Gasteiger partial charge in [-0.2, -0.15) is 0 Å². The molecule has 1 heterocycles. The van der Waals surface area contributed by atoms with Crippen molar-refractivity contribution < 1.29 is 18.3 Å². The maximum Gasteiger partial charge on any atom is 0.261 e. The van der Waals surface area contributed by atoms with Gasteiger partial charge in [0.05, 0.1) is 6.61 Å². The Kier molecular flexibility index (Phi) is 4.27. The van der Waals surface area contributed by atoms with Gasteiger partial charge in [-0.25, -0.2) is 8.78 Å². The smallest absolute Gasteiger partial charge is 0.261 e. The predicted octanol–water partition coefficient (Wildman–Crippen LogP) is 3.33. The van der Waals surface area contributed by atoms with Crippen LogP contribution in [0.2, 0.25) is 0 Å². The number of ether oxygens (including phenoxy) is 1. The molecule has 2 rings (SSSR count). The summed E-state index contributed by atoms with van der Waals surface area (Å²) in [7, 11) is 0. The third-order valence-corrected chi connectivity index (χ3v) is 2.93. The number of aryl methyl sites for hydroxylation is 1. The Bertz CT molecular complexity index is 578. The number of carbonyl (C=O) groups is 1. The fourth-order valence-corrected chi connectivity index (χ4v) is 2.06. The maximum atomic E-state index is 12.0. The molecular weight excluding hydrogens is 252 g/mol. The van der Waals surface area contributed by atoms with E-state index in [1.54, 1.807) is 6.20 Å². The molecule has 0 aliphatic heterocycles. The van der Waals surface area contributed by atoms with Crippen molar-refractivity contribution in [2.24, 2.45) is 0 Å². The topological polar surface area (TPSA) is 42.1 Å². The number of hydrogen-bond donors (Lipinski definition) is 1. The number of H-pyrrole nitrogens is 1. The third-order valence-electron chi connectivity index (χ3n) is 2.93. The van der Waals surface area contributed by atoms with E-state index in [1.165, 1.54) is 0 Å². The summed E-state index contributed by atoms with van der Waals surface area (Å²) in [6.07, 6.45) is -0.730. The lowest BCUT2D eigenvalue weighted by atomic mass is 10.0. The number of halogens is 2. The Morgan fingerprint density at radius 2 is 2.21 bits per heavy atom. The van der Waals surface area contributed by atoms with Gasteiger partial charge >= 0.3 is 0 Å². The first-order chi connectivity index (χ1) is 9.09. The van der Waals surface area contributed by atoms with Gasteiger partial charge in [0.25, 0.3) is 6.43 Å². The summed E-state index contributed by atoms with van der Waals surface area (Å²) >= 11 is 0. The van der Waals surface area contributed by atoms with Gasteiger partial charge in [-0.3, -0.25) is 4.79 Å². The highest BCUT2D eigenvalue weighted by atomic mass is 19.3. The summed E-state index contributed by atoms with van der Waals surface area (Å²) in [5, 5.41) is 0.890. The van der Waals surface area contributed by atoms with Crippen LogP contribution >= 0.6 is 0 Å². The molecule has 0 unspecified atom stereocenters. The van der Waals surface area contributed by atoms with E-state index in [4.69, 9.17) is 4.74 Å². The van der Waals surface area contributed by atoms with Crippen molar-refractivity contribution in [3.05, 3.63) is 35.5 Å². The van der Waals surface area contributed by atoms with Crippen LogP contribution in [0.15, 0.2) is 24.4 Å². The number of rotatable bonds is 6. The van der Waals surface area contributed by atoms with Gasteiger partial charge in [0.15, 0.2) is 5.78 Å². The highest BCUT2D eigenvalue weighted by molar-refractivity contribution is 6.08. The van der Waals surface area contributed by atoms with E-state index < -0.39 is 13.0 Å². The average Bonchev–Trinajstić information content (AvgIpc) is 2.79. The summed E-state index contributed by atoms with van der Waals surface area (Å²) in [5.74, 6) is -0.102. The van der Waals surface area contributed by atoms with Crippen molar-refractivity contribution in [2.75, 3.05) is 13.2 Å². The molecule has 1 aromatic carbocycles. The number of carbonyl (C=O) groups excluding carboxylic acids is 1. The van der Waals surface area contributed by atoms with Crippen LogP contribution in [0, 0.1) is 6.92 Å². The zero-order chi connectivity index (χ0) is 13.8. The second kappa shape index (κ2) is 5.93. The molecule has 19 heavy (non-hydrogen) atoms. The van der Waals surface area contributed by atoms with Crippen LogP contribution in [0.4, 0.5) is 8.78 Å². The molecule has 0 atom stereocenters. The zero-order valence-electron chi connectivity index (χ0n) is 10.6. The summed E-state index contributed by atoms with van der Waals surface area (Å²) in [4.78, 5) is 15.1.